The normalized spacial score (nSPS) is 11.4. The van der Waals surface area contributed by atoms with Crippen LogP contribution in [0.25, 0.3) is 0 Å². The third-order valence-electron chi connectivity index (χ3n) is 1.43. The summed E-state index contributed by atoms with van der Waals surface area (Å²) in [6, 6.07) is 0. The second-order valence-corrected chi connectivity index (χ2v) is 2.97. The summed E-state index contributed by atoms with van der Waals surface area (Å²) >= 11 is 0. The fourth-order valence-corrected chi connectivity index (χ4v) is 0.633. The Labute approximate surface area is 89.8 Å². The molecule has 0 rings (SSSR count). The van der Waals surface area contributed by atoms with Crippen LogP contribution in [0.4, 0.5) is 0 Å². The molecule has 0 radical (unpaired) electrons. The highest BCUT2D eigenvalue weighted by molar-refractivity contribution is 5.73. The van der Waals surface area contributed by atoms with E-state index in [0.29, 0.717) is 5.57 Å². The summed E-state index contributed by atoms with van der Waals surface area (Å²) in [4.78, 5) is 20.7. The Hall–Kier alpha value is -1.82. The molecule has 0 aromatic rings. The van der Waals surface area contributed by atoms with Crippen molar-refractivity contribution in [1.29, 1.82) is 0 Å². The fourth-order valence-electron chi connectivity index (χ4n) is 0.633. The Morgan fingerprint density at radius 2 is 2.00 bits per heavy atom. The van der Waals surface area contributed by atoms with Gasteiger partial charge in [-0.2, -0.15) is 0 Å². The standard InChI is InChI=1S/C12H14O3/c1-10(7-8-15-12(3)14)5-4-6-11(2)9-13/h6-7,9H,8H2,1-3H3. The third kappa shape index (κ3) is 8.51. The number of ether oxygens (including phenoxy) is 1. The first-order chi connectivity index (χ1) is 7.06. The lowest BCUT2D eigenvalue weighted by Gasteiger charge is -1.94. The molecule has 3 heteroatoms. The number of aldehydes is 1. The van der Waals surface area contributed by atoms with Gasteiger partial charge in [0.2, 0.25) is 0 Å². The monoisotopic (exact) mass is 206 g/mol. The Morgan fingerprint density at radius 3 is 2.53 bits per heavy atom. The van der Waals surface area contributed by atoms with Gasteiger partial charge < -0.3 is 4.74 Å². The van der Waals surface area contributed by atoms with Crippen LogP contribution in [0.3, 0.4) is 0 Å². The lowest BCUT2D eigenvalue weighted by molar-refractivity contribution is -0.139. The molecule has 3 nitrogen and oxygen atoms in total. The van der Waals surface area contributed by atoms with Crippen molar-refractivity contribution in [2.75, 3.05) is 6.61 Å². The van der Waals surface area contributed by atoms with Crippen molar-refractivity contribution in [3.63, 3.8) is 0 Å². The molecule has 0 saturated heterocycles. The van der Waals surface area contributed by atoms with E-state index in [9.17, 15) is 9.59 Å². The third-order valence-corrected chi connectivity index (χ3v) is 1.43. The molecule has 0 aromatic carbocycles. The van der Waals surface area contributed by atoms with Crippen molar-refractivity contribution in [2.45, 2.75) is 20.8 Å². The summed E-state index contributed by atoms with van der Waals surface area (Å²) < 4.78 is 4.71. The van der Waals surface area contributed by atoms with Crippen LogP contribution in [0.2, 0.25) is 0 Å². The van der Waals surface area contributed by atoms with E-state index in [0.717, 1.165) is 11.9 Å². The molecule has 0 bridgehead atoms. The van der Waals surface area contributed by atoms with E-state index in [1.165, 1.54) is 13.0 Å². The van der Waals surface area contributed by atoms with Gasteiger partial charge in [0.1, 0.15) is 12.9 Å². The molecule has 0 aliphatic carbocycles. The van der Waals surface area contributed by atoms with E-state index in [1.54, 1.807) is 19.9 Å². The van der Waals surface area contributed by atoms with Gasteiger partial charge in [0.25, 0.3) is 0 Å². The maximum atomic E-state index is 10.4. The van der Waals surface area contributed by atoms with E-state index in [2.05, 4.69) is 11.8 Å². The molecule has 0 N–H and O–H groups in total. The number of carbonyl (C=O) groups is 2. The van der Waals surface area contributed by atoms with E-state index >= 15 is 0 Å². The van der Waals surface area contributed by atoms with Gasteiger partial charge in [0.15, 0.2) is 0 Å². The molecule has 80 valence electrons. The highest BCUT2D eigenvalue weighted by Crippen LogP contribution is 1.91. The summed E-state index contributed by atoms with van der Waals surface area (Å²) in [6.07, 6.45) is 3.99. The molecule has 0 atom stereocenters. The molecule has 0 aliphatic rings. The van der Waals surface area contributed by atoms with Crippen LogP contribution < -0.4 is 0 Å². The topological polar surface area (TPSA) is 43.4 Å². The van der Waals surface area contributed by atoms with Crippen molar-refractivity contribution in [3.05, 3.63) is 23.3 Å². The molecule has 0 amide bonds. The molecule has 0 unspecified atom stereocenters. The second-order valence-electron chi connectivity index (χ2n) is 2.97. The predicted octanol–water partition coefficient (Wildman–Crippen LogP) is 1.64. The summed E-state index contributed by atoms with van der Waals surface area (Å²) in [5.74, 6) is 5.21. The number of allylic oxidation sites excluding steroid dienone is 3. The zero-order valence-corrected chi connectivity index (χ0v) is 9.16. The summed E-state index contributed by atoms with van der Waals surface area (Å²) in [7, 11) is 0. The van der Waals surface area contributed by atoms with Gasteiger partial charge >= 0.3 is 5.97 Å². The Balaban J connectivity index is 4.16. The van der Waals surface area contributed by atoms with Crippen molar-refractivity contribution in [3.8, 4) is 11.8 Å². The molecule has 0 aromatic heterocycles. The molecular formula is C12H14O3. The van der Waals surface area contributed by atoms with E-state index in [1.807, 2.05) is 0 Å². The van der Waals surface area contributed by atoms with Gasteiger partial charge in [-0.1, -0.05) is 11.8 Å². The van der Waals surface area contributed by atoms with Crippen LogP contribution in [-0.4, -0.2) is 18.9 Å². The van der Waals surface area contributed by atoms with Gasteiger partial charge in [0.05, 0.1) is 0 Å². The maximum absolute atomic E-state index is 10.4. The molecule has 0 saturated carbocycles. The van der Waals surface area contributed by atoms with Crippen LogP contribution in [0.5, 0.6) is 0 Å². The molecular weight excluding hydrogens is 192 g/mol. The summed E-state index contributed by atoms with van der Waals surface area (Å²) in [6.45, 7) is 5.07. The summed E-state index contributed by atoms with van der Waals surface area (Å²) in [5.41, 5.74) is 1.38. The molecule has 0 fully saturated rings. The predicted molar refractivity (Wildman–Crippen MR) is 58.0 cm³/mol. The zero-order valence-electron chi connectivity index (χ0n) is 9.16. The van der Waals surface area contributed by atoms with Gasteiger partial charge in [-0.3, -0.25) is 9.59 Å². The van der Waals surface area contributed by atoms with Gasteiger partial charge in [-0.15, -0.1) is 0 Å². The van der Waals surface area contributed by atoms with Gasteiger partial charge in [-0.25, -0.2) is 0 Å². The quantitative estimate of drug-likeness (QED) is 0.305. The zero-order chi connectivity index (χ0) is 11.7. The summed E-state index contributed by atoms with van der Waals surface area (Å²) in [5, 5.41) is 0. The number of hydrogen-bond donors (Lipinski definition) is 0. The molecule has 0 aliphatic heterocycles. The van der Waals surface area contributed by atoms with Gasteiger partial charge in [0, 0.05) is 6.92 Å². The Kier molecular flexibility index (Phi) is 6.65. The minimum absolute atomic E-state index is 0.228. The minimum atomic E-state index is -0.316. The first kappa shape index (κ1) is 13.2. The molecule has 0 heterocycles. The maximum Gasteiger partial charge on any atom is 0.302 e. The van der Waals surface area contributed by atoms with Crippen LogP contribution in [-0.2, 0) is 14.3 Å². The fraction of sp³-hybridized carbons (Fsp3) is 0.333. The SMILES string of the molecule is CC(=O)OCC=C(C)C#CC=C(C)C=O. The smallest absolute Gasteiger partial charge is 0.302 e. The average molecular weight is 206 g/mol. The van der Waals surface area contributed by atoms with Crippen molar-refractivity contribution in [2.24, 2.45) is 0 Å². The number of hydrogen-bond acceptors (Lipinski definition) is 3. The Bertz CT molecular complexity index is 351. The lowest BCUT2D eigenvalue weighted by atomic mass is 10.2. The van der Waals surface area contributed by atoms with Crippen molar-refractivity contribution < 1.29 is 14.3 Å². The highest BCUT2D eigenvalue weighted by atomic mass is 16.5. The van der Waals surface area contributed by atoms with Gasteiger partial charge in [-0.05, 0) is 37.1 Å². The van der Waals surface area contributed by atoms with Crippen LogP contribution in [0, 0.1) is 11.8 Å². The lowest BCUT2D eigenvalue weighted by Crippen LogP contribution is -1.97. The molecule has 0 spiro atoms. The first-order valence-electron chi connectivity index (χ1n) is 4.50. The average Bonchev–Trinajstić information content (AvgIpc) is 2.17. The van der Waals surface area contributed by atoms with Crippen LogP contribution in [0.15, 0.2) is 23.3 Å². The number of esters is 1. The van der Waals surface area contributed by atoms with E-state index in [4.69, 9.17) is 4.74 Å². The number of carbonyl (C=O) groups excluding carboxylic acids is 2. The Morgan fingerprint density at radius 1 is 1.33 bits per heavy atom. The van der Waals surface area contributed by atoms with E-state index in [-0.39, 0.29) is 12.6 Å². The largest absolute Gasteiger partial charge is 0.462 e. The highest BCUT2D eigenvalue weighted by Gasteiger charge is 1.88. The second kappa shape index (κ2) is 7.57. The van der Waals surface area contributed by atoms with Crippen molar-refractivity contribution >= 4 is 12.3 Å². The van der Waals surface area contributed by atoms with Crippen molar-refractivity contribution in [1.82, 2.24) is 0 Å². The molecule has 15 heavy (non-hydrogen) atoms. The van der Waals surface area contributed by atoms with Crippen LogP contribution in [0.1, 0.15) is 20.8 Å². The van der Waals surface area contributed by atoms with E-state index < -0.39 is 0 Å². The van der Waals surface area contributed by atoms with Crippen LogP contribution >= 0.6 is 0 Å². The first-order valence-corrected chi connectivity index (χ1v) is 4.50. The number of rotatable bonds is 3. The minimum Gasteiger partial charge on any atom is -0.462 e.